The van der Waals surface area contributed by atoms with Crippen LogP contribution in [0.3, 0.4) is 0 Å². The first-order chi connectivity index (χ1) is 7.83. The number of rotatable bonds is 9. The Hall–Kier alpha value is -0.0800. The van der Waals surface area contributed by atoms with Gasteiger partial charge in [-0.1, -0.05) is 46.0 Å². The molecule has 0 amide bonds. The molecule has 0 atom stereocenters. The highest BCUT2D eigenvalue weighted by molar-refractivity contribution is 4.74. The van der Waals surface area contributed by atoms with E-state index in [2.05, 4.69) is 13.8 Å². The molecule has 1 aliphatic rings. The highest BCUT2D eigenvalue weighted by Crippen LogP contribution is 2.31. The lowest BCUT2D eigenvalue weighted by molar-refractivity contribution is -0.168. The average molecular weight is 228 g/mol. The summed E-state index contributed by atoms with van der Waals surface area (Å²) in [4.78, 5) is 0. The van der Waals surface area contributed by atoms with Gasteiger partial charge in [0.2, 0.25) is 0 Å². The zero-order chi connectivity index (χ0) is 11.7. The van der Waals surface area contributed by atoms with Crippen molar-refractivity contribution >= 4 is 0 Å². The molecule has 0 radical (unpaired) electrons. The molecule has 0 aromatic rings. The van der Waals surface area contributed by atoms with Crippen LogP contribution in [0.2, 0.25) is 0 Å². The molecule has 1 aliphatic heterocycles. The van der Waals surface area contributed by atoms with Crippen LogP contribution in [0, 0.1) is 0 Å². The third-order valence-corrected chi connectivity index (χ3v) is 3.39. The molecule has 2 nitrogen and oxygen atoms in total. The Morgan fingerprint density at radius 2 is 1.25 bits per heavy atom. The molecular formula is C14H28O2. The fourth-order valence-corrected chi connectivity index (χ4v) is 2.38. The lowest BCUT2D eigenvalue weighted by atomic mass is 10.0. The molecule has 1 fully saturated rings. The van der Waals surface area contributed by atoms with Gasteiger partial charge in [0, 0.05) is 12.8 Å². The van der Waals surface area contributed by atoms with E-state index in [-0.39, 0.29) is 5.79 Å². The first kappa shape index (κ1) is 14.0. The summed E-state index contributed by atoms with van der Waals surface area (Å²) in [5.41, 5.74) is 0. The van der Waals surface area contributed by atoms with Crippen molar-refractivity contribution in [2.45, 2.75) is 77.4 Å². The van der Waals surface area contributed by atoms with E-state index < -0.39 is 0 Å². The SMILES string of the molecule is CCCCCCC1(CCCCC)OCCO1. The van der Waals surface area contributed by atoms with Crippen LogP contribution in [0.15, 0.2) is 0 Å². The predicted molar refractivity (Wildman–Crippen MR) is 67.5 cm³/mol. The Kier molecular flexibility index (Phi) is 7.06. The van der Waals surface area contributed by atoms with E-state index in [1.165, 1.54) is 44.9 Å². The molecule has 0 unspecified atom stereocenters. The highest BCUT2D eigenvalue weighted by Gasteiger charge is 2.34. The highest BCUT2D eigenvalue weighted by atomic mass is 16.7. The molecule has 0 aromatic carbocycles. The molecule has 0 spiro atoms. The van der Waals surface area contributed by atoms with E-state index in [1.54, 1.807) is 0 Å². The van der Waals surface area contributed by atoms with E-state index in [1.807, 2.05) is 0 Å². The fourth-order valence-electron chi connectivity index (χ4n) is 2.38. The fraction of sp³-hybridized carbons (Fsp3) is 1.00. The summed E-state index contributed by atoms with van der Waals surface area (Å²) < 4.78 is 11.7. The van der Waals surface area contributed by atoms with Crippen LogP contribution in [0.25, 0.3) is 0 Å². The Balaban J connectivity index is 2.22. The maximum absolute atomic E-state index is 5.85. The molecule has 1 rings (SSSR count). The second kappa shape index (κ2) is 8.08. The Morgan fingerprint density at radius 3 is 1.81 bits per heavy atom. The third kappa shape index (κ3) is 4.84. The summed E-state index contributed by atoms with van der Waals surface area (Å²) in [5, 5.41) is 0. The first-order valence-corrected chi connectivity index (χ1v) is 7.11. The normalized spacial score (nSPS) is 19.1. The van der Waals surface area contributed by atoms with Crippen molar-refractivity contribution in [2.24, 2.45) is 0 Å². The quantitative estimate of drug-likeness (QED) is 0.548. The summed E-state index contributed by atoms with van der Waals surface area (Å²) in [6.07, 6.45) is 11.2. The van der Waals surface area contributed by atoms with Gasteiger partial charge in [-0.3, -0.25) is 0 Å². The van der Waals surface area contributed by atoms with Crippen molar-refractivity contribution in [3.8, 4) is 0 Å². The topological polar surface area (TPSA) is 18.5 Å². The van der Waals surface area contributed by atoms with Gasteiger partial charge in [-0.25, -0.2) is 0 Å². The van der Waals surface area contributed by atoms with Crippen LogP contribution in [0.5, 0.6) is 0 Å². The van der Waals surface area contributed by atoms with E-state index in [9.17, 15) is 0 Å². The van der Waals surface area contributed by atoms with Crippen molar-refractivity contribution < 1.29 is 9.47 Å². The summed E-state index contributed by atoms with van der Waals surface area (Å²) >= 11 is 0. The second-order valence-electron chi connectivity index (χ2n) is 4.88. The van der Waals surface area contributed by atoms with Gasteiger partial charge in [0.05, 0.1) is 13.2 Å². The van der Waals surface area contributed by atoms with Crippen LogP contribution in [0.1, 0.15) is 71.6 Å². The number of unbranched alkanes of at least 4 members (excludes halogenated alkanes) is 5. The minimum atomic E-state index is -0.205. The molecule has 96 valence electrons. The van der Waals surface area contributed by atoms with Gasteiger partial charge in [0.1, 0.15) is 0 Å². The Bertz CT molecular complexity index is 162. The minimum Gasteiger partial charge on any atom is -0.348 e. The van der Waals surface area contributed by atoms with Gasteiger partial charge >= 0.3 is 0 Å². The summed E-state index contributed by atoms with van der Waals surface area (Å²) in [6.45, 7) is 6.07. The molecule has 1 saturated heterocycles. The molecule has 0 bridgehead atoms. The van der Waals surface area contributed by atoms with E-state index in [4.69, 9.17) is 9.47 Å². The van der Waals surface area contributed by atoms with Crippen LogP contribution in [-0.2, 0) is 9.47 Å². The lowest BCUT2D eigenvalue weighted by Crippen LogP contribution is -2.30. The standard InChI is InChI=1S/C14H28O2/c1-3-5-7-9-11-14(10-8-6-4-2)15-12-13-16-14/h3-13H2,1-2H3. The van der Waals surface area contributed by atoms with Gasteiger partial charge in [-0.15, -0.1) is 0 Å². The van der Waals surface area contributed by atoms with Crippen LogP contribution in [0.4, 0.5) is 0 Å². The molecule has 16 heavy (non-hydrogen) atoms. The molecule has 0 aromatic heterocycles. The van der Waals surface area contributed by atoms with E-state index >= 15 is 0 Å². The van der Waals surface area contributed by atoms with Crippen molar-refractivity contribution in [1.29, 1.82) is 0 Å². The molecule has 0 aliphatic carbocycles. The molecular weight excluding hydrogens is 200 g/mol. The van der Waals surface area contributed by atoms with Crippen molar-refractivity contribution in [1.82, 2.24) is 0 Å². The summed E-state index contributed by atoms with van der Waals surface area (Å²) in [6, 6.07) is 0. The van der Waals surface area contributed by atoms with Crippen molar-refractivity contribution in [3.63, 3.8) is 0 Å². The molecule has 1 heterocycles. The largest absolute Gasteiger partial charge is 0.348 e. The van der Waals surface area contributed by atoms with E-state index in [0.717, 1.165) is 26.1 Å². The van der Waals surface area contributed by atoms with Gasteiger partial charge < -0.3 is 9.47 Å². The summed E-state index contributed by atoms with van der Waals surface area (Å²) in [5.74, 6) is -0.205. The smallest absolute Gasteiger partial charge is 0.168 e. The Labute approximate surface area is 101 Å². The zero-order valence-electron chi connectivity index (χ0n) is 11.1. The third-order valence-electron chi connectivity index (χ3n) is 3.39. The van der Waals surface area contributed by atoms with Gasteiger partial charge in [-0.05, 0) is 12.8 Å². The second-order valence-corrected chi connectivity index (χ2v) is 4.88. The van der Waals surface area contributed by atoms with Crippen LogP contribution in [-0.4, -0.2) is 19.0 Å². The monoisotopic (exact) mass is 228 g/mol. The van der Waals surface area contributed by atoms with Crippen molar-refractivity contribution in [3.05, 3.63) is 0 Å². The van der Waals surface area contributed by atoms with Gasteiger partial charge in [-0.2, -0.15) is 0 Å². The Morgan fingerprint density at radius 1 is 0.750 bits per heavy atom. The van der Waals surface area contributed by atoms with Gasteiger partial charge in [0.15, 0.2) is 5.79 Å². The first-order valence-electron chi connectivity index (χ1n) is 7.11. The summed E-state index contributed by atoms with van der Waals surface area (Å²) in [7, 11) is 0. The average Bonchev–Trinajstić information content (AvgIpc) is 2.74. The van der Waals surface area contributed by atoms with E-state index in [0.29, 0.717) is 0 Å². The molecule has 0 N–H and O–H groups in total. The molecule has 0 saturated carbocycles. The van der Waals surface area contributed by atoms with Crippen LogP contribution >= 0.6 is 0 Å². The predicted octanol–water partition coefficient (Wildman–Crippen LogP) is 4.28. The van der Waals surface area contributed by atoms with Crippen LogP contribution < -0.4 is 0 Å². The maximum atomic E-state index is 5.85. The van der Waals surface area contributed by atoms with Gasteiger partial charge in [0.25, 0.3) is 0 Å². The zero-order valence-corrected chi connectivity index (χ0v) is 11.1. The number of ether oxygens (including phenoxy) is 2. The number of hydrogen-bond acceptors (Lipinski definition) is 2. The molecule has 2 heteroatoms. The maximum Gasteiger partial charge on any atom is 0.168 e. The van der Waals surface area contributed by atoms with Crippen molar-refractivity contribution in [2.75, 3.05) is 13.2 Å². The number of hydrogen-bond donors (Lipinski definition) is 0. The lowest BCUT2D eigenvalue weighted by Gasteiger charge is -2.27. The minimum absolute atomic E-state index is 0.205.